The van der Waals surface area contributed by atoms with Crippen LogP contribution in [0.5, 0.6) is 0 Å². The van der Waals surface area contributed by atoms with Crippen LogP contribution in [0.25, 0.3) is 0 Å². The van der Waals surface area contributed by atoms with E-state index >= 15 is 0 Å². The first-order valence-electron chi connectivity index (χ1n) is 0. The summed E-state index contributed by atoms with van der Waals surface area (Å²) in [5, 5.41) is 0. The van der Waals surface area contributed by atoms with E-state index in [1.807, 2.05) is 0 Å². The summed E-state index contributed by atoms with van der Waals surface area (Å²) < 4.78 is 0. The summed E-state index contributed by atoms with van der Waals surface area (Å²) in [6, 6.07) is 0. The van der Waals surface area contributed by atoms with Crippen LogP contribution in [-0.2, 0) is 17.1 Å². The van der Waals surface area contributed by atoms with Gasteiger partial charge in [-0.15, -0.1) is 0 Å². The van der Waals surface area contributed by atoms with Crippen molar-refractivity contribution >= 4 is 8.41 Å². The van der Waals surface area contributed by atoms with Crippen LogP contribution in [0.15, 0.2) is 0 Å². The third-order valence-corrected chi connectivity index (χ3v) is 0. The van der Waals surface area contributed by atoms with Crippen molar-refractivity contribution < 1.29 is 57.9 Å². The molecule has 0 saturated carbocycles. The zero-order valence-corrected chi connectivity index (χ0v) is 5.87. The van der Waals surface area contributed by atoms with Gasteiger partial charge in [0.15, 0.2) is 0 Å². The van der Waals surface area contributed by atoms with Gasteiger partial charge in [0.1, 0.15) is 0 Å². The summed E-state index contributed by atoms with van der Waals surface area (Å²) >= 11 is 0. The maximum atomic E-state index is 0. The second-order valence-electron chi connectivity index (χ2n) is 0. The van der Waals surface area contributed by atoms with Crippen molar-refractivity contribution in [1.82, 2.24) is 6.15 Å². The van der Waals surface area contributed by atoms with E-state index in [-0.39, 0.29) is 72.5 Å². The van der Waals surface area contributed by atoms with Crippen molar-refractivity contribution in [3.63, 3.8) is 0 Å². The van der Waals surface area contributed by atoms with Crippen LogP contribution in [0, 0.1) is 40.8 Å². The minimum absolute atomic E-state index is 0. The van der Waals surface area contributed by atoms with E-state index in [9.17, 15) is 0 Å². The third-order valence-electron chi connectivity index (χ3n) is 0. The summed E-state index contributed by atoms with van der Waals surface area (Å²) in [6.45, 7) is 0. The summed E-state index contributed by atoms with van der Waals surface area (Å²) in [7, 11) is 0. The first-order chi connectivity index (χ1) is 0. The Hall–Kier alpha value is 1.90. The summed E-state index contributed by atoms with van der Waals surface area (Å²) in [5.41, 5.74) is 0. The fourth-order valence-corrected chi connectivity index (χ4v) is 0. The van der Waals surface area contributed by atoms with Gasteiger partial charge < -0.3 is 6.15 Å². The predicted molar refractivity (Wildman–Crippen MR) is 15.0 cm³/mol. The fraction of sp³-hybridized carbons (Fsp3) is 0. The Morgan fingerprint density at radius 1 is 1.00 bits per heavy atom. The Kier molecular flexibility index (Phi) is 203. The van der Waals surface area contributed by atoms with Crippen LogP contribution < -0.4 is 6.15 Å². The molecule has 0 radical (unpaired) electrons. The number of rotatable bonds is 0. The van der Waals surface area contributed by atoms with Crippen molar-refractivity contribution in [2.24, 2.45) is 0 Å². The van der Waals surface area contributed by atoms with Crippen LogP contribution in [0.3, 0.4) is 0 Å². The van der Waals surface area contributed by atoms with E-state index in [0.29, 0.717) is 0 Å². The molecule has 0 aromatic rings. The van der Waals surface area contributed by atoms with Crippen LogP contribution in [0.1, 0.15) is 0 Å². The molecular weight excluding hydrogens is 225 g/mol. The average molecular weight is 231 g/mol. The van der Waals surface area contributed by atoms with Crippen LogP contribution >= 0.6 is 0 Å². The van der Waals surface area contributed by atoms with Gasteiger partial charge in [0.25, 0.3) is 0 Å². The molecule has 26 valence electrons. The maximum Gasteiger partial charge on any atom is 0.0814 e. The molecule has 0 unspecified atom stereocenters. The van der Waals surface area contributed by atoms with Crippen molar-refractivity contribution in [3.05, 3.63) is 0 Å². The minimum atomic E-state index is 0. The van der Waals surface area contributed by atoms with Gasteiger partial charge in [-0.3, -0.25) is 0 Å². The molecular formula is H6BFeNNd. The molecule has 0 aromatic heterocycles. The quantitative estimate of drug-likeness (QED) is 0.532. The largest absolute Gasteiger partial charge is 0.344 e. The average Bonchev–Trinajstić information content (AvgIpc) is 0. The normalized spacial score (nSPS) is 0. The zero-order chi connectivity index (χ0) is 0. The molecule has 4 heteroatoms. The van der Waals surface area contributed by atoms with E-state index in [2.05, 4.69) is 0 Å². The van der Waals surface area contributed by atoms with Gasteiger partial charge in [-0.1, -0.05) is 0 Å². The maximum absolute atomic E-state index is 0. The van der Waals surface area contributed by atoms with Gasteiger partial charge in [0.2, 0.25) is 0 Å². The van der Waals surface area contributed by atoms with Crippen LogP contribution in [-0.4, -0.2) is 8.41 Å². The van der Waals surface area contributed by atoms with Crippen molar-refractivity contribution in [2.75, 3.05) is 0 Å². The van der Waals surface area contributed by atoms with Gasteiger partial charge in [-0.25, -0.2) is 0 Å². The standard InChI is InChI=1S/BH3.Fe.H3N.Nd/h1H3;;1H3;. The Morgan fingerprint density at radius 3 is 1.00 bits per heavy atom. The van der Waals surface area contributed by atoms with Crippen molar-refractivity contribution in [1.29, 1.82) is 0 Å². The third kappa shape index (κ3) is 9.09. The smallest absolute Gasteiger partial charge is 0.0814 e. The molecule has 0 bridgehead atoms. The van der Waals surface area contributed by atoms with Gasteiger partial charge >= 0.3 is 0 Å². The second-order valence-corrected chi connectivity index (χ2v) is 0. The fourth-order valence-electron chi connectivity index (χ4n) is 0. The Balaban J connectivity index is 0. The Morgan fingerprint density at radius 2 is 1.00 bits per heavy atom. The van der Waals surface area contributed by atoms with Gasteiger partial charge in [-0.2, -0.15) is 0 Å². The number of hydrogen-bond acceptors (Lipinski definition) is 1. The molecule has 4 heavy (non-hydrogen) atoms. The van der Waals surface area contributed by atoms with Crippen LogP contribution in [0.2, 0.25) is 0 Å². The van der Waals surface area contributed by atoms with Gasteiger partial charge in [-0.05, 0) is 0 Å². The SMILES string of the molecule is B.N.[Fe].[Nd]. The van der Waals surface area contributed by atoms with Crippen LogP contribution in [0.4, 0.5) is 0 Å². The molecule has 1 nitrogen and oxygen atoms in total. The molecule has 0 aliphatic carbocycles. The summed E-state index contributed by atoms with van der Waals surface area (Å²) in [4.78, 5) is 0. The molecule has 0 aromatic carbocycles. The monoisotopic (exact) mass is 229 g/mol. The summed E-state index contributed by atoms with van der Waals surface area (Å²) in [6.07, 6.45) is 0. The Labute approximate surface area is 71.5 Å². The molecule has 0 rings (SSSR count). The van der Waals surface area contributed by atoms with E-state index in [1.54, 1.807) is 0 Å². The second kappa shape index (κ2) is 20.7. The van der Waals surface area contributed by atoms with Crippen molar-refractivity contribution in [3.8, 4) is 0 Å². The molecule has 0 atom stereocenters. The topological polar surface area (TPSA) is 35.0 Å². The predicted octanol–water partition coefficient (Wildman–Crippen LogP) is -1.02. The van der Waals surface area contributed by atoms with Gasteiger partial charge in [0, 0.05) is 57.9 Å². The molecule has 0 aliphatic rings. The van der Waals surface area contributed by atoms with E-state index in [1.165, 1.54) is 0 Å². The minimum Gasteiger partial charge on any atom is -0.344 e. The first kappa shape index (κ1) is 39.3. The molecule has 0 heterocycles. The molecule has 0 fully saturated rings. The molecule has 0 spiro atoms. The Bertz CT molecular complexity index is 8.00. The number of hydrogen-bond donors (Lipinski definition) is 1. The van der Waals surface area contributed by atoms with Gasteiger partial charge in [0.05, 0.1) is 8.41 Å². The van der Waals surface area contributed by atoms with E-state index < -0.39 is 0 Å². The van der Waals surface area contributed by atoms with E-state index in [4.69, 9.17) is 0 Å². The summed E-state index contributed by atoms with van der Waals surface area (Å²) in [5.74, 6) is 0. The molecule has 0 saturated heterocycles. The van der Waals surface area contributed by atoms with Crippen molar-refractivity contribution in [2.45, 2.75) is 0 Å². The first-order valence-corrected chi connectivity index (χ1v) is 0. The molecule has 0 aliphatic heterocycles. The molecule has 0 amide bonds. The molecule has 3 N–H and O–H groups in total. The van der Waals surface area contributed by atoms with E-state index in [0.717, 1.165) is 0 Å². The zero-order valence-electron chi connectivity index (χ0n) is 1.56.